The van der Waals surface area contributed by atoms with Gasteiger partial charge in [-0.25, -0.2) is 0 Å². The fourth-order valence-corrected chi connectivity index (χ4v) is 2.19. The number of rotatable bonds is 4. The SMILES string of the molecule is Cc1cc(C)cc(COc2ccc([C@@H](C)N)cc2)c1. The maximum atomic E-state index is 5.82. The molecule has 0 amide bonds. The molecular weight excluding hydrogens is 234 g/mol. The predicted octanol–water partition coefficient (Wildman–Crippen LogP) is 3.90. The lowest BCUT2D eigenvalue weighted by molar-refractivity contribution is 0.306. The van der Waals surface area contributed by atoms with Crippen LogP contribution in [0.5, 0.6) is 5.75 Å². The molecule has 0 aliphatic rings. The predicted molar refractivity (Wildman–Crippen MR) is 79.3 cm³/mol. The monoisotopic (exact) mass is 255 g/mol. The summed E-state index contributed by atoms with van der Waals surface area (Å²) in [6.45, 7) is 6.79. The molecule has 0 unspecified atom stereocenters. The molecule has 2 nitrogen and oxygen atoms in total. The quantitative estimate of drug-likeness (QED) is 0.899. The molecular formula is C17H21NO. The van der Waals surface area contributed by atoms with Gasteiger partial charge in [0.15, 0.2) is 0 Å². The standard InChI is InChI=1S/C17H21NO/c1-12-8-13(2)10-15(9-12)11-19-17-6-4-16(5-7-17)14(3)18/h4-10,14H,11,18H2,1-3H3/t14-/m1/s1. The first kappa shape index (κ1) is 13.6. The first-order chi connectivity index (χ1) is 9.04. The number of aryl methyl sites for hydroxylation is 2. The molecule has 0 aromatic heterocycles. The normalized spacial score (nSPS) is 12.2. The van der Waals surface area contributed by atoms with E-state index in [1.54, 1.807) is 0 Å². The summed E-state index contributed by atoms with van der Waals surface area (Å²) in [4.78, 5) is 0. The summed E-state index contributed by atoms with van der Waals surface area (Å²) in [5.74, 6) is 0.878. The van der Waals surface area contributed by atoms with Gasteiger partial charge in [-0.2, -0.15) is 0 Å². The fourth-order valence-electron chi connectivity index (χ4n) is 2.19. The van der Waals surface area contributed by atoms with E-state index in [2.05, 4.69) is 32.0 Å². The molecule has 2 aromatic carbocycles. The minimum atomic E-state index is 0.0634. The number of nitrogens with two attached hydrogens (primary N) is 1. The van der Waals surface area contributed by atoms with E-state index in [1.165, 1.54) is 16.7 Å². The zero-order valence-corrected chi connectivity index (χ0v) is 11.8. The van der Waals surface area contributed by atoms with Crippen LogP contribution < -0.4 is 10.5 Å². The van der Waals surface area contributed by atoms with Crippen LogP contribution in [0, 0.1) is 13.8 Å². The van der Waals surface area contributed by atoms with Crippen LogP contribution >= 0.6 is 0 Å². The Morgan fingerprint density at radius 2 is 1.58 bits per heavy atom. The van der Waals surface area contributed by atoms with E-state index in [-0.39, 0.29) is 6.04 Å². The molecule has 0 aliphatic carbocycles. The molecule has 0 spiro atoms. The van der Waals surface area contributed by atoms with Crippen LogP contribution in [0.15, 0.2) is 42.5 Å². The fraction of sp³-hybridized carbons (Fsp3) is 0.294. The summed E-state index contributed by atoms with van der Waals surface area (Å²) in [7, 11) is 0. The number of hydrogen-bond acceptors (Lipinski definition) is 2. The Kier molecular flexibility index (Phi) is 4.23. The second-order valence-corrected chi connectivity index (χ2v) is 5.14. The van der Waals surface area contributed by atoms with Gasteiger partial charge in [-0.1, -0.05) is 41.5 Å². The van der Waals surface area contributed by atoms with Gasteiger partial charge < -0.3 is 10.5 Å². The van der Waals surface area contributed by atoms with Gasteiger partial charge in [0.25, 0.3) is 0 Å². The molecule has 19 heavy (non-hydrogen) atoms. The molecule has 2 N–H and O–H groups in total. The van der Waals surface area contributed by atoms with Gasteiger partial charge in [-0.15, -0.1) is 0 Å². The third kappa shape index (κ3) is 3.83. The van der Waals surface area contributed by atoms with Crippen molar-refractivity contribution in [3.05, 3.63) is 64.7 Å². The van der Waals surface area contributed by atoms with Gasteiger partial charge in [0.05, 0.1) is 0 Å². The zero-order valence-electron chi connectivity index (χ0n) is 11.8. The van der Waals surface area contributed by atoms with Gasteiger partial charge in [-0.3, -0.25) is 0 Å². The zero-order chi connectivity index (χ0) is 13.8. The molecule has 0 heterocycles. The van der Waals surface area contributed by atoms with E-state index in [0.717, 1.165) is 11.3 Å². The maximum Gasteiger partial charge on any atom is 0.119 e. The van der Waals surface area contributed by atoms with E-state index in [9.17, 15) is 0 Å². The molecule has 1 atom stereocenters. The second kappa shape index (κ2) is 5.89. The smallest absolute Gasteiger partial charge is 0.119 e. The molecule has 2 rings (SSSR count). The van der Waals surface area contributed by atoms with E-state index in [4.69, 9.17) is 10.5 Å². The number of hydrogen-bond donors (Lipinski definition) is 1. The molecule has 100 valence electrons. The Hall–Kier alpha value is -1.80. The van der Waals surface area contributed by atoms with Crippen molar-refractivity contribution in [2.75, 3.05) is 0 Å². The summed E-state index contributed by atoms with van der Waals surface area (Å²) in [5.41, 5.74) is 10.7. The summed E-state index contributed by atoms with van der Waals surface area (Å²) in [6.07, 6.45) is 0. The number of ether oxygens (including phenoxy) is 1. The summed E-state index contributed by atoms with van der Waals surface area (Å²) < 4.78 is 5.80. The summed E-state index contributed by atoms with van der Waals surface area (Å²) >= 11 is 0. The summed E-state index contributed by atoms with van der Waals surface area (Å²) in [6, 6.07) is 14.5. The minimum Gasteiger partial charge on any atom is -0.489 e. The summed E-state index contributed by atoms with van der Waals surface area (Å²) in [5, 5.41) is 0. The van der Waals surface area contributed by atoms with Gasteiger partial charge in [0.2, 0.25) is 0 Å². The average molecular weight is 255 g/mol. The highest BCUT2D eigenvalue weighted by molar-refractivity contribution is 5.31. The average Bonchev–Trinajstić information content (AvgIpc) is 2.36. The van der Waals surface area contributed by atoms with E-state index < -0.39 is 0 Å². The Balaban J connectivity index is 2.02. The molecule has 2 aromatic rings. The Morgan fingerprint density at radius 3 is 2.11 bits per heavy atom. The first-order valence-corrected chi connectivity index (χ1v) is 6.60. The molecule has 0 saturated heterocycles. The Labute approximate surface area is 115 Å². The van der Waals surface area contributed by atoms with Crippen molar-refractivity contribution in [3.8, 4) is 5.75 Å². The maximum absolute atomic E-state index is 5.82. The van der Waals surface area contributed by atoms with Crippen molar-refractivity contribution in [1.29, 1.82) is 0 Å². The molecule has 0 saturated carbocycles. The second-order valence-electron chi connectivity index (χ2n) is 5.14. The van der Waals surface area contributed by atoms with Crippen LogP contribution in [-0.2, 0) is 6.61 Å². The highest BCUT2D eigenvalue weighted by Crippen LogP contribution is 2.18. The van der Waals surface area contributed by atoms with Crippen LogP contribution in [0.1, 0.15) is 35.2 Å². The van der Waals surface area contributed by atoms with Crippen LogP contribution in [0.25, 0.3) is 0 Å². The molecule has 0 fully saturated rings. The minimum absolute atomic E-state index is 0.0634. The van der Waals surface area contributed by atoms with Gasteiger partial charge >= 0.3 is 0 Å². The largest absolute Gasteiger partial charge is 0.489 e. The molecule has 2 heteroatoms. The van der Waals surface area contributed by atoms with Crippen molar-refractivity contribution in [2.24, 2.45) is 5.73 Å². The van der Waals surface area contributed by atoms with Gasteiger partial charge in [0.1, 0.15) is 12.4 Å². The van der Waals surface area contributed by atoms with Gasteiger partial charge in [0, 0.05) is 6.04 Å². The van der Waals surface area contributed by atoms with E-state index in [1.807, 2.05) is 31.2 Å². The topological polar surface area (TPSA) is 35.2 Å². The molecule has 0 bridgehead atoms. The number of benzene rings is 2. The lowest BCUT2D eigenvalue weighted by Crippen LogP contribution is -2.04. The van der Waals surface area contributed by atoms with Crippen LogP contribution in [-0.4, -0.2) is 0 Å². The van der Waals surface area contributed by atoms with E-state index >= 15 is 0 Å². The first-order valence-electron chi connectivity index (χ1n) is 6.60. The lowest BCUT2D eigenvalue weighted by Gasteiger charge is -2.10. The van der Waals surface area contributed by atoms with Crippen LogP contribution in [0.4, 0.5) is 0 Å². The highest BCUT2D eigenvalue weighted by atomic mass is 16.5. The van der Waals surface area contributed by atoms with Crippen molar-refractivity contribution < 1.29 is 4.74 Å². The Bertz CT molecular complexity index is 523. The molecule has 0 aliphatic heterocycles. The van der Waals surface area contributed by atoms with E-state index in [0.29, 0.717) is 6.61 Å². The Morgan fingerprint density at radius 1 is 1.00 bits per heavy atom. The van der Waals surface area contributed by atoms with Gasteiger partial charge in [-0.05, 0) is 44.0 Å². The highest BCUT2D eigenvalue weighted by Gasteiger charge is 2.01. The lowest BCUT2D eigenvalue weighted by atomic mass is 10.1. The van der Waals surface area contributed by atoms with Crippen LogP contribution in [0.2, 0.25) is 0 Å². The van der Waals surface area contributed by atoms with Crippen molar-refractivity contribution in [1.82, 2.24) is 0 Å². The van der Waals surface area contributed by atoms with Crippen LogP contribution in [0.3, 0.4) is 0 Å². The molecule has 0 radical (unpaired) electrons. The third-order valence-electron chi connectivity index (χ3n) is 3.09. The van der Waals surface area contributed by atoms with Crippen molar-refractivity contribution in [2.45, 2.75) is 33.4 Å². The van der Waals surface area contributed by atoms with Crippen molar-refractivity contribution >= 4 is 0 Å². The third-order valence-corrected chi connectivity index (χ3v) is 3.09. The van der Waals surface area contributed by atoms with Crippen molar-refractivity contribution in [3.63, 3.8) is 0 Å².